The number of fused-ring (bicyclic) bond motifs is 1. The number of nitrogens with one attached hydrogen (secondary N) is 1. The molecule has 1 N–H and O–H groups in total. The Morgan fingerprint density at radius 2 is 2.08 bits per heavy atom. The Morgan fingerprint density at radius 3 is 2.92 bits per heavy atom. The summed E-state index contributed by atoms with van der Waals surface area (Å²) in [5.74, 6) is 2.36. The number of furan rings is 1. The van der Waals surface area contributed by atoms with E-state index in [-0.39, 0.29) is 5.91 Å². The standard InChI is InChI=1S/C20H24N2O4/c23-20(18-4-2-8-24-18)21-12-16-3-1-7-22(14-16)13-15-5-6-17-19(11-15)26-10-9-25-17/h2,4-6,8,11,16H,1,3,7,9-10,12-14H2,(H,21,23)/t16-/m0/s1. The molecule has 0 aliphatic carbocycles. The summed E-state index contributed by atoms with van der Waals surface area (Å²) in [5.41, 5.74) is 1.23. The summed E-state index contributed by atoms with van der Waals surface area (Å²) in [7, 11) is 0. The van der Waals surface area contributed by atoms with Crippen molar-refractivity contribution in [2.75, 3.05) is 32.8 Å². The Hall–Kier alpha value is -2.47. The molecule has 0 spiro atoms. The lowest BCUT2D eigenvalue weighted by atomic mass is 9.97. The van der Waals surface area contributed by atoms with E-state index in [0.717, 1.165) is 44.0 Å². The van der Waals surface area contributed by atoms with E-state index in [1.165, 1.54) is 11.8 Å². The molecule has 1 saturated heterocycles. The number of hydrogen-bond donors (Lipinski definition) is 1. The third-order valence-corrected chi connectivity index (χ3v) is 4.91. The van der Waals surface area contributed by atoms with Crippen LogP contribution in [0.5, 0.6) is 11.5 Å². The van der Waals surface area contributed by atoms with E-state index in [2.05, 4.69) is 22.3 Å². The summed E-state index contributed by atoms with van der Waals surface area (Å²) in [6, 6.07) is 9.59. The summed E-state index contributed by atoms with van der Waals surface area (Å²) in [5, 5.41) is 2.98. The zero-order valence-corrected chi connectivity index (χ0v) is 14.8. The first-order chi connectivity index (χ1) is 12.8. The van der Waals surface area contributed by atoms with E-state index >= 15 is 0 Å². The molecule has 6 heteroatoms. The number of amides is 1. The van der Waals surface area contributed by atoms with Gasteiger partial charge < -0.3 is 19.2 Å². The van der Waals surface area contributed by atoms with Crippen LogP contribution in [0, 0.1) is 5.92 Å². The van der Waals surface area contributed by atoms with Gasteiger partial charge in [-0.05, 0) is 55.1 Å². The summed E-state index contributed by atoms with van der Waals surface area (Å²) >= 11 is 0. The molecule has 2 aliphatic heterocycles. The lowest BCUT2D eigenvalue weighted by Crippen LogP contribution is -2.40. The minimum atomic E-state index is -0.140. The second kappa shape index (κ2) is 7.83. The highest BCUT2D eigenvalue weighted by molar-refractivity contribution is 5.91. The molecule has 3 heterocycles. The largest absolute Gasteiger partial charge is 0.486 e. The Morgan fingerprint density at radius 1 is 1.19 bits per heavy atom. The van der Waals surface area contributed by atoms with Crippen molar-refractivity contribution in [3.8, 4) is 11.5 Å². The van der Waals surface area contributed by atoms with Crippen LogP contribution in [-0.2, 0) is 6.54 Å². The fourth-order valence-corrected chi connectivity index (χ4v) is 3.64. The fraction of sp³-hybridized carbons (Fsp3) is 0.450. The monoisotopic (exact) mass is 356 g/mol. The van der Waals surface area contributed by atoms with E-state index in [1.807, 2.05) is 6.07 Å². The number of piperidine rings is 1. The van der Waals surface area contributed by atoms with Crippen LogP contribution in [0.4, 0.5) is 0 Å². The van der Waals surface area contributed by atoms with E-state index < -0.39 is 0 Å². The summed E-state index contributed by atoms with van der Waals surface area (Å²) in [6.45, 7) is 4.85. The van der Waals surface area contributed by atoms with E-state index in [9.17, 15) is 4.79 Å². The van der Waals surface area contributed by atoms with Crippen molar-refractivity contribution in [3.05, 3.63) is 47.9 Å². The zero-order valence-electron chi connectivity index (χ0n) is 14.8. The van der Waals surface area contributed by atoms with Gasteiger partial charge in [0.15, 0.2) is 17.3 Å². The number of benzene rings is 1. The van der Waals surface area contributed by atoms with Crippen LogP contribution in [0.3, 0.4) is 0 Å². The predicted molar refractivity (Wildman–Crippen MR) is 96.5 cm³/mol. The number of nitrogens with zero attached hydrogens (tertiary/aromatic N) is 1. The maximum Gasteiger partial charge on any atom is 0.286 e. The zero-order chi connectivity index (χ0) is 17.8. The minimum Gasteiger partial charge on any atom is -0.486 e. The van der Waals surface area contributed by atoms with Crippen LogP contribution < -0.4 is 14.8 Å². The maximum absolute atomic E-state index is 12.0. The molecular formula is C20H24N2O4. The van der Waals surface area contributed by atoms with Gasteiger partial charge in [-0.1, -0.05) is 6.07 Å². The summed E-state index contributed by atoms with van der Waals surface area (Å²) in [4.78, 5) is 14.5. The second-order valence-corrected chi connectivity index (χ2v) is 6.91. The van der Waals surface area contributed by atoms with Crippen molar-refractivity contribution in [3.63, 3.8) is 0 Å². The van der Waals surface area contributed by atoms with Gasteiger partial charge in [-0.25, -0.2) is 0 Å². The smallest absolute Gasteiger partial charge is 0.286 e. The van der Waals surface area contributed by atoms with E-state index in [0.29, 0.717) is 31.4 Å². The lowest BCUT2D eigenvalue weighted by molar-refractivity contribution is 0.0903. The Balaban J connectivity index is 1.30. The molecule has 1 fully saturated rings. The summed E-state index contributed by atoms with van der Waals surface area (Å²) < 4.78 is 16.4. The molecule has 0 saturated carbocycles. The Bertz CT molecular complexity index is 744. The molecule has 0 unspecified atom stereocenters. The highest BCUT2D eigenvalue weighted by Gasteiger charge is 2.22. The van der Waals surface area contributed by atoms with Gasteiger partial charge in [0.1, 0.15) is 13.2 Å². The van der Waals surface area contributed by atoms with Gasteiger partial charge in [0.2, 0.25) is 0 Å². The topological polar surface area (TPSA) is 63.9 Å². The van der Waals surface area contributed by atoms with Gasteiger partial charge in [-0.15, -0.1) is 0 Å². The number of ether oxygens (including phenoxy) is 2. The highest BCUT2D eigenvalue weighted by Crippen LogP contribution is 2.31. The first-order valence-electron chi connectivity index (χ1n) is 9.20. The number of hydrogen-bond acceptors (Lipinski definition) is 5. The Labute approximate surface area is 153 Å². The molecular weight excluding hydrogens is 332 g/mol. The van der Waals surface area contributed by atoms with Crippen LogP contribution >= 0.6 is 0 Å². The van der Waals surface area contributed by atoms with Crippen LogP contribution in [0.2, 0.25) is 0 Å². The lowest BCUT2D eigenvalue weighted by Gasteiger charge is -2.33. The second-order valence-electron chi connectivity index (χ2n) is 6.91. The average molecular weight is 356 g/mol. The maximum atomic E-state index is 12.0. The van der Waals surface area contributed by atoms with Gasteiger partial charge in [0.25, 0.3) is 5.91 Å². The number of likely N-dealkylation sites (tertiary alicyclic amines) is 1. The first-order valence-corrected chi connectivity index (χ1v) is 9.20. The van der Waals surface area contributed by atoms with Gasteiger partial charge in [-0.3, -0.25) is 9.69 Å². The van der Waals surface area contributed by atoms with Crippen LogP contribution in [-0.4, -0.2) is 43.7 Å². The van der Waals surface area contributed by atoms with Crippen LogP contribution in [0.25, 0.3) is 0 Å². The normalized spacial score (nSPS) is 19.9. The van der Waals surface area contributed by atoms with Gasteiger partial charge in [0.05, 0.1) is 6.26 Å². The van der Waals surface area contributed by atoms with Crippen molar-refractivity contribution in [1.82, 2.24) is 10.2 Å². The van der Waals surface area contributed by atoms with E-state index in [4.69, 9.17) is 13.9 Å². The molecule has 6 nitrogen and oxygen atoms in total. The third kappa shape index (κ3) is 4.02. The molecule has 138 valence electrons. The summed E-state index contributed by atoms with van der Waals surface area (Å²) in [6.07, 6.45) is 3.80. The molecule has 2 aliphatic rings. The van der Waals surface area contributed by atoms with Crippen molar-refractivity contribution in [1.29, 1.82) is 0 Å². The van der Waals surface area contributed by atoms with Crippen molar-refractivity contribution in [2.24, 2.45) is 5.92 Å². The minimum absolute atomic E-state index is 0.140. The predicted octanol–water partition coefficient (Wildman–Crippen LogP) is 2.69. The van der Waals surface area contributed by atoms with E-state index in [1.54, 1.807) is 12.1 Å². The molecule has 1 atom stereocenters. The van der Waals surface area contributed by atoms with Crippen molar-refractivity contribution < 1.29 is 18.7 Å². The third-order valence-electron chi connectivity index (χ3n) is 4.91. The Kier molecular flexibility index (Phi) is 5.11. The SMILES string of the molecule is O=C(NC[C@@H]1CCCN(Cc2ccc3c(c2)OCCO3)C1)c1ccco1. The fourth-order valence-electron chi connectivity index (χ4n) is 3.64. The quantitative estimate of drug-likeness (QED) is 0.892. The molecule has 0 bridgehead atoms. The average Bonchev–Trinajstić information content (AvgIpc) is 3.21. The highest BCUT2D eigenvalue weighted by atomic mass is 16.6. The molecule has 1 amide bonds. The van der Waals surface area contributed by atoms with Gasteiger partial charge >= 0.3 is 0 Å². The number of carbonyl (C=O) groups excluding carboxylic acids is 1. The number of rotatable bonds is 5. The van der Waals surface area contributed by atoms with Gasteiger partial charge in [-0.2, -0.15) is 0 Å². The van der Waals surface area contributed by atoms with Crippen molar-refractivity contribution in [2.45, 2.75) is 19.4 Å². The molecule has 1 aromatic heterocycles. The first kappa shape index (κ1) is 17.0. The molecule has 0 radical (unpaired) electrons. The molecule has 26 heavy (non-hydrogen) atoms. The molecule has 1 aromatic carbocycles. The molecule has 4 rings (SSSR count). The number of carbonyl (C=O) groups is 1. The van der Waals surface area contributed by atoms with Crippen LogP contribution in [0.1, 0.15) is 29.0 Å². The van der Waals surface area contributed by atoms with Gasteiger partial charge in [0, 0.05) is 19.6 Å². The van der Waals surface area contributed by atoms with Crippen LogP contribution in [0.15, 0.2) is 41.0 Å². The molecule has 2 aromatic rings. The van der Waals surface area contributed by atoms with Crippen molar-refractivity contribution >= 4 is 5.91 Å².